The Hall–Kier alpha value is -2.66. The molecule has 5 heteroatoms. The Morgan fingerprint density at radius 2 is 1.61 bits per heavy atom. The lowest BCUT2D eigenvalue weighted by atomic mass is 10.1. The number of anilines is 1. The summed E-state index contributed by atoms with van der Waals surface area (Å²) in [4.78, 5) is 27.7. The van der Waals surface area contributed by atoms with Crippen molar-refractivity contribution in [1.82, 2.24) is 4.90 Å². The number of carbonyl (C=O) groups is 2. The first-order valence-corrected chi connectivity index (χ1v) is 9.68. The molecule has 0 radical (unpaired) electrons. The van der Waals surface area contributed by atoms with Gasteiger partial charge in [0.15, 0.2) is 13.1 Å². The molecule has 5 nitrogen and oxygen atoms in total. The van der Waals surface area contributed by atoms with Gasteiger partial charge in [-0.1, -0.05) is 48.0 Å². The highest BCUT2D eigenvalue weighted by Gasteiger charge is 2.22. The number of likely N-dealkylation sites (N-methyl/N-ethyl adjacent to an activating group) is 2. The summed E-state index contributed by atoms with van der Waals surface area (Å²) in [6.45, 7) is 8.56. The summed E-state index contributed by atoms with van der Waals surface area (Å²) < 4.78 is 0. The first kappa shape index (κ1) is 21.6. The summed E-state index contributed by atoms with van der Waals surface area (Å²) in [6, 6.07) is 14.1. The molecule has 2 aromatic carbocycles. The van der Waals surface area contributed by atoms with Crippen LogP contribution in [-0.4, -0.2) is 43.9 Å². The van der Waals surface area contributed by atoms with Crippen LogP contribution in [0.25, 0.3) is 0 Å². The average molecular weight is 383 g/mol. The van der Waals surface area contributed by atoms with Gasteiger partial charge in [0.1, 0.15) is 0 Å². The van der Waals surface area contributed by atoms with Crippen LogP contribution in [0.2, 0.25) is 0 Å². The zero-order valence-corrected chi connectivity index (χ0v) is 17.8. The van der Waals surface area contributed by atoms with E-state index in [2.05, 4.69) is 17.4 Å². The van der Waals surface area contributed by atoms with Gasteiger partial charge in [0.05, 0.1) is 13.1 Å². The molecule has 0 heterocycles. The van der Waals surface area contributed by atoms with Crippen LogP contribution in [0.15, 0.2) is 42.5 Å². The Morgan fingerprint density at radius 1 is 1.04 bits per heavy atom. The van der Waals surface area contributed by atoms with Crippen LogP contribution in [0.1, 0.15) is 35.2 Å². The first-order chi connectivity index (χ1) is 13.2. The molecule has 0 spiro atoms. The lowest BCUT2D eigenvalue weighted by molar-refractivity contribution is -0.862. The molecule has 2 amide bonds. The summed E-state index contributed by atoms with van der Waals surface area (Å²) >= 11 is 0. The van der Waals surface area contributed by atoms with Crippen molar-refractivity contribution in [2.24, 2.45) is 0 Å². The summed E-state index contributed by atoms with van der Waals surface area (Å²) in [7, 11) is 3.68. The maximum Gasteiger partial charge on any atom is 0.279 e. The number of nitrogens with one attached hydrogen (secondary N) is 2. The molecule has 0 saturated heterocycles. The van der Waals surface area contributed by atoms with Crippen LogP contribution >= 0.6 is 0 Å². The molecular weight excluding hydrogens is 350 g/mol. The number of hydrogen-bond donors (Lipinski definition) is 2. The zero-order valence-electron chi connectivity index (χ0n) is 17.8. The van der Waals surface area contributed by atoms with Gasteiger partial charge < -0.3 is 15.1 Å². The van der Waals surface area contributed by atoms with Crippen molar-refractivity contribution in [2.75, 3.05) is 32.5 Å². The van der Waals surface area contributed by atoms with Crippen LogP contribution in [0.5, 0.6) is 0 Å². The number of carbonyl (C=O) groups excluding carboxylic acids is 2. The van der Waals surface area contributed by atoms with Gasteiger partial charge in [0.2, 0.25) is 0 Å². The molecule has 0 aliphatic heterocycles. The van der Waals surface area contributed by atoms with E-state index in [0.717, 1.165) is 27.3 Å². The van der Waals surface area contributed by atoms with Crippen molar-refractivity contribution in [2.45, 2.75) is 33.7 Å². The van der Waals surface area contributed by atoms with Gasteiger partial charge >= 0.3 is 0 Å². The van der Waals surface area contributed by atoms with Crippen molar-refractivity contribution >= 4 is 17.5 Å². The smallest absolute Gasteiger partial charge is 0.279 e. The number of quaternary nitrogens is 1. The largest absolute Gasteiger partial charge is 0.334 e. The van der Waals surface area contributed by atoms with E-state index in [-0.39, 0.29) is 30.9 Å². The summed E-state index contributed by atoms with van der Waals surface area (Å²) in [6.07, 6.45) is 0. The maximum absolute atomic E-state index is 12.6. The van der Waals surface area contributed by atoms with E-state index in [4.69, 9.17) is 0 Å². The molecule has 150 valence electrons. The van der Waals surface area contributed by atoms with Gasteiger partial charge in [-0.3, -0.25) is 9.59 Å². The van der Waals surface area contributed by atoms with Crippen molar-refractivity contribution in [3.05, 3.63) is 64.7 Å². The third-order valence-corrected chi connectivity index (χ3v) is 5.11. The summed E-state index contributed by atoms with van der Waals surface area (Å²) in [5.41, 5.74) is 5.24. The van der Waals surface area contributed by atoms with Crippen LogP contribution in [0, 0.1) is 20.8 Å². The number of amides is 2. The second kappa shape index (κ2) is 9.51. The van der Waals surface area contributed by atoms with E-state index in [9.17, 15) is 9.59 Å². The van der Waals surface area contributed by atoms with Gasteiger partial charge in [0.25, 0.3) is 11.8 Å². The fraction of sp³-hybridized carbons (Fsp3) is 0.391. The minimum Gasteiger partial charge on any atom is -0.334 e. The zero-order chi connectivity index (χ0) is 20.8. The highest BCUT2D eigenvalue weighted by molar-refractivity contribution is 5.93. The standard InChI is InChI=1S/C23H31N3O2/c1-16-12-17(2)23(18(3)13-16)24-21(27)14-25(5)15-22(28)26(6)19(4)20-10-8-7-9-11-20/h7-13,19H,14-15H2,1-6H3,(H,24,27)/p+1/t19-/m1/s1. The van der Waals surface area contributed by atoms with E-state index in [1.165, 1.54) is 5.56 Å². The Labute approximate surface area is 168 Å². The predicted molar refractivity (Wildman–Crippen MR) is 114 cm³/mol. The van der Waals surface area contributed by atoms with Crippen molar-refractivity contribution in [3.8, 4) is 0 Å². The Kier molecular flexibility index (Phi) is 7.35. The lowest BCUT2D eigenvalue weighted by Crippen LogP contribution is -3.11. The average Bonchev–Trinajstić information content (AvgIpc) is 2.63. The van der Waals surface area contributed by atoms with E-state index in [0.29, 0.717) is 0 Å². The normalized spacial score (nSPS) is 12.9. The molecule has 2 aromatic rings. The minimum absolute atomic E-state index is 0.00631. The second-order valence-electron chi connectivity index (χ2n) is 7.72. The molecule has 2 N–H and O–H groups in total. The molecule has 0 aromatic heterocycles. The SMILES string of the molecule is Cc1cc(C)c(NC(=O)C[NH+](C)CC(=O)N(C)[C@H](C)c2ccccc2)c(C)c1. The summed E-state index contributed by atoms with van der Waals surface area (Å²) in [5.74, 6) is -0.0662. The van der Waals surface area contributed by atoms with Crippen LogP contribution < -0.4 is 10.2 Å². The summed E-state index contributed by atoms with van der Waals surface area (Å²) in [5, 5.41) is 3.00. The van der Waals surface area contributed by atoms with E-state index >= 15 is 0 Å². The minimum atomic E-state index is -0.0842. The third-order valence-electron chi connectivity index (χ3n) is 5.11. The van der Waals surface area contributed by atoms with Crippen molar-refractivity contribution in [1.29, 1.82) is 0 Å². The Balaban J connectivity index is 1.91. The Bertz CT molecular complexity index is 810. The van der Waals surface area contributed by atoms with Gasteiger partial charge in [-0.15, -0.1) is 0 Å². The maximum atomic E-state index is 12.6. The monoisotopic (exact) mass is 382 g/mol. The topological polar surface area (TPSA) is 53.9 Å². The molecule has 0 aliphatic rings. The molecule has 1 unspecified atom stereocenters. The molecule has 0 bridgehead atoms. The quantitative estimate of drug-likeness (QED) is 0.772. The van der Waals surface area contributed by atoms with E-state index in [1.54, 1.807) is 4.90 Å². The number of hydrogen-bond acceptors (Lipinski definition) is 2. The number of rotatable bonds is 7. The van der Waals surface area contributed by atoms with Gasteiger partial charge in [-0.05, 0) is 44.4 Å². The van der Waals surface area contributed by atoms with Crippen LogP contribution in [0.3, 0.4) is 0 Å². The third kappa shape index (κ3) is 5.67. The van der Waals surface area contributed by atoms with Gasteiger partial charge in [-0.2, -0.15) is 0 Å². The molecule has 28 heavy (non-hydrogen) atoms. The molecule has 2 rings (SSSR count). The Morgan fingerprint density at radius 3 is 2.18 bits per heavy atom. The molecule has 0 saturated carbocycles. The first-order valence-electron chi connectivity index (χ1n) is 9.68. The fourth-order valence-corrected chi connectivity index (χ4v) is 3.45. The van der Waals surface area contributed by atoms with Gasteiger partial charge in [-0.25, -0.2) is 0 Å². The lowest BCUT2D eigenvalue weighted by Gasteiger charge is -2.26. The number of aryl methyl sites for hydroxylation is 3. The fourth-order valence-electron chi connectivity index (χ4n) is 3.45. The van der Waals surface area contributed by atoms with Crippen LogP contribution in [0.4, 0.5) is 5.69 Å². The number of nitrogens with zero attached hydrogens (tertiary/aromatic N) is 1. The molecule has 0 fully saturated rings. The molecular formula is C23H32N3O2+. The van der Waals surface area contributed by atoms with Crippen molar-refractivity contribution < 1.29 is 14.5 Å². The number of benzene rings is 2. The van der Waals surface area contributed by atoms with Crippen molar-refractivity contribution in [3.63, 3.8) is 0 Å². The van der Waals surface area contributed by atoms with Crippen LogP contribution in [-0.2, 0) is 9.59 Å². The molecule has 2 atom stereocenters. The predicted octanol–water partition coefficient (Wildman–Crippen LogP) is 2.28. The van der Waals surface area contributed by atoms with Gasteiger partial charge in [0, 0.05) is 12.7 Å². The van der Waals surface area contributed by atoms with E-state index in [1.807, 2.05) is 72.1 Å². The highest BCUT2D eigenvalue weighted by Crippen LogP contribution is 2.21. The second-order valence-corrected chi connectivity index (χ2v) is 7.72. The molecule has 0 aliphatic carbocycles. The van der Waals surface area contributed by atoms with E-state index < -0.39 is 0 Å². The highest BCUT2D eigenvalue weighted by atomic mass is 16.2.